The first-order chi connectivity index (χ1) is 14.5. The number of nitrogens with one attached hydrogen (secondary N) is 1. The molecule has 1 aromatic heterocycles. The number of aliphatic carboxylic acids is 1. The van der Waals surface area contributed by atoms with Crippen LogP contribution in [-0.4, -0.2) is 67.3 Å². The fourth-order valence-corrected chi connectivity index (χ4v) is 3.08. The molecule has 3 rings (SSSR count). The van der Waals surface area contributed by atoms with E-state index in [0.29, 0.717) is 5.56 Å². The lowest BCUT2D eigenvalue weighted by atomic mass is 9.99. The van der Waals surface area contributed by atoms with Crippen molar-refractivity contribution in [1.29, 1.82) is 0 Å². The second-order valence-corrected chi connectivity index (χ2v) is 6.86. The van der Waals surface area contributed by atoms with Gasteiger partial charge >= 0.3 is 12.1 Å². The highest BCUT2D eigenvalue weighted by Crippen LogP contribution is 2.36. The number of hydrogen-bond acceptors (Lipinski definition) is 7. The summed E-state index contributed by atoms with van der Waals surface area (Å²) in [5.41, 5.74) is -0.376. The molecular weight excluding hydrogens is 425 g/mol. The Morgan fingerprint density at radius 3 is 2.39 bits per heavy atom. The molecule has 0 amide bonds. The molecule has 12 heteroatoms. The first kappa shape index (κ1) is 22.7. The van der Waals surface area contributed by atoms with Crippen LogP contribution in [-0.2, 0) is 22.1 Å². The van der Waals surface area contributed by atoms with Gasteiger partial charge in [0.1, 0.15) is 24.0 Å². The zero-order chi connectivity index (χ0) is 22.9. The number of alkyl halides is 3. The Kier molecular flexibility index (Phi) is 6.36. The molecule has 31 heavy (non-hydrogen) atoms. The molecule has 1 saturated heterocycles. The lowest BCUT2D eigenvalue weighted by Crippen LogP contribution is -2.61. The summed E-state index contributed by atoms with van der Waals surface area (Å²) in [6.07, 6.45) is -13.3. The predicted molar refractivity (Wildman–Crippen MR) is 97.9 cm³/mol. The van der Waals surface area contributed by atoms with Gasteiger partial charge in [-0.05, 0) is 11.1 Å². The van der Waals surface area contributed by atoms with Gasteiger partial charge in [-0.25, -0.2) is 4.79 Å². The van der Waals surface area contributed by atoms with Crippen molar-refractivity contribution >= 4 is 12.0 Å². The second kappa shape index (κ2) is 8.67. The Morgan fingerprint density at radius 1 is 1.19 bits per heavy atom. The van der Waals surface area contributed by atoms with Gasteiger partial charge in [-0.1, -0.05) is 36.9 Å². The number of rotatable bonds is 6. The first-order valence-corrected chi connectivity index (χ1v) is 8.98. The Balaban J connectivity index is 1.92. The van der Waals surface area contributed by atoms with Gasteiger partial charge in [0.2, 0.25) is 12.2 Å². The van der Waals surface area contributed by atoms with Crippen molar-refractivity contribution in [2.24, 2.45) is 0 Å². The van der Waals surface area contributed by atoms with Crippen LogP contribution in [0.2, 0.25) is 0 Å². The molecule has 0 spiro atoms. The summed E-state index contributed by atoms with van der Waals surface area (Å²) in [4.78, 5) is 11.2. The third-order valence-electron chi connectivity index (χ3n) is 4.75. The summed E-state index contributed by atoms with van der Waals surface area (Å²) in [5, 5.41) is 44.0. The van der Waals surface area contributed by atoms with Crippen LogP contribution in [0.1, 0.15) is 22.4 Å². The number of nitrogens with zero attached hydrogens (tertiary/aromatic N) is 1. The van der Waals surface area contributed by atoms with Gasteiger partial charge in [0, 0.05) is 6.42 Å². The van der Waals surface area contributed by atoms with Crippen LogP contribution < -0.4 is 4.74 Å². The van der Waals surface area contributed by atoms with Crippen LogP contribution in [0, 0.1) is 0 Å². The Hall–Kier alpha value is -2.93. The van der Waals surface area contributed by atoms with E-state index in [1.54, 1.807) is 30.3 Å². The number of aliphatic hydroxyl groups excluding tert-OH is 3. The molecule has 5 atom stereocenters. The summed E-state index contributed by atoms with van der Waals surface area (Å²) in [7, 11) is 0. The molecule has 1 aliphatic heterocycles. The number of hydrogen-bond donors (Lipinski definition) is 5. The molecule has 0 saturated carbocycles. The molecule has 1 aliphatic rings. The maximum Gasteiger partial charge on any atom is 0.433 e. The SMILES string of the molecule is C=Cc1ccc(Cc2c(O[C@@H]3O[C@H](C(=O)O)[C@@H](O)[C@H](O)[C@H]3O)n[nH]c2C(F)(F)F)cc1. The summed E-state index contributed by atoms with van der Waals surface area (Å²) in [6, 6.07) is 6.47. The molecule has 1 aromatic carbocycles. The minimum atomic E-state index is -4.81. The molecular formula is C19H19F3N2O7. The lowest BCUT2D eigenvalue weighted by molar-refractivity contribution is -0.271. The van der Waals surface area contributed by atoms with Gasteiger partial charge in [-0.2, -0.15) is 13.2 Å². The molecule has 0 unspecified atom stereocenters. The van der Waals surface area contributed by atoms with E-state index in [-0.39, 0.29) is 6.42 Å². The van der Waals surface area contributed by atoms with Crippen LogP contribution in [0.5, 0.6) is 5.88 Å². The standard InChI is InChI=1S/C19H19F3N2O7/c1-2-8-3-5-9(6-4-8)7-10-15(19(20,21)22)23-24-16(10)31-18-13(27)11(25)12(26)14(30-18)17(28)29/h2-6,11-14,18,25-27H,1,7H2,(H,23,24)(H,28,29)/t11-,12-,13+,14-,18-/m0/s1. The van der Waals surface area contributed by atoms with Crippen molar-refractivity contribution in [2.45, 2.75) is 43.3 Å². The molecule has 2 heterocycles. The third kappa shape index (κ3) is 4.71. The number of halogens is 3. The van der Waals surface area contributed by atoms with Crippen LogP contribution in [0.15, 0.2) is 30.8 Å². The van der Waals surface area contributed by atoms with Crippen molar-refractivity contribution < 1.29 is 47.9 Å². The highest BCUT2D eigenvalue weighted by Gasteiger charge is 2.49. The first-order valence-electron chi connectivity index (χ1n) is 8.98. The maximum absolute atomic E-state index is 13.4. The maximum atomic E-state index is 13.4. The summed E-state index contributed by atoms with van der Waals surface area (Å²) in [6.45, 7) is 3.60. The van der Waals surface area contributed by atoms with E-state index in [9.17, 15) is 33.3 Å². The normalized spacial score (nSPS) is 26.5. The largest absolute Gasteiger partial charge is 0.479 e. The van der Waals surface area contributed by atoms with E-state index in [0.717, 1.165) is 5.56 Å². The number of aromatic nitrogens is 2. The number of aliphatic hydroxyl groups is 3. The highest BCUT2D eigenvalue weighted by atomic mass is 19.4. The number of carboxylic acid groups (broad SMARTS) is 1. The zero-order valence-electron chi connectivity index (χ0n) is 15.8. The lowest BCUT2D eigenvalue weighted by Gasteiger charge is -2.38. The van der Waals surface area contributed by atoms with E-state index in [1.165, 1.54) is 0 Å². The topological polar surface area (TPSA) is 145 Å². The quantitative estimate of drug-likeness (QED) is 0.443. The Bertz CT molecular complexity index is 945. The van der Waals surface area contributed by atoms with Gasteiger partial charge in [0.15, 0.2) is 6.10 Å². The van der Waals surface area contributed by atoms with E-state index in [2.05, 4.69) is 11.7 Å². The van der Waals surface area contributed by atoms with E-state index in [4.69, 9.17) is 14.6 Å². The van der Waals surface area contributed by atoms with Gasteiger partial charge in [-0.15, -0.1) is 5.10 Å². The summed E-state index contributed by atoms with van der Waals surface area (Å²) >= 11 is 0. The van der Waals surface area contributed by atoms with Crippen LogP contribution >= 0.6 is 0 Å². The van der Waals surface area contributed by atoms with Gasteiger partial charge < -0.3 is 29.9 Å². The predicted octanol–water partition coefficient (Wildman–Crippen LogP) is 0.933. The van der Waals surface area contributed by atoms with Crippen molar-refractivity contribution in [3.05, 3.63) is 53.2 Å². The molecule has 0 radical (unpaired) electrons. The second-order valence-electron chi connectivity index (χ2n) is 6.86. The average Bonchev–Trinajstić information content (AvgIpc) is 3.11. The number of benzene rings is 1. The number of H-pyrrole nitrogens is 1. The monoisotopic (exact) mass is 444 g/mol. The van der Waals surface area contributed by atoms with Crippen LogP contribution in [0.3, 0.4) is 0 Å². The van der Waals surface area contributed by atoms with Gasteiger partial charge in [0.25, 0.3) is 0 Å². The summed E-state index contributed by atoms with van der Waals surface area (Å²) in [5.74, 6) is -2.26. The zero-order valence-corrected chi connectivity index (χ0v) is 15.8. The van der Waals surface area contributed by atoms with E-state index >= 15 is 0 Å². The number of carbonyl (C=O) groups is 1. The minimum Gasteiger partial charge on any atom is -0.479 e. The van der Waals surface area contributed by atoms with E-state index < -0.39 is 60.0 Å². The van der Waals surface area contributed by atoms with Crippen LogP contribution in [0.4, 0.5) is 13.2 Å². The van der Waals surface area contributed by atoms with E-state index in [1.807, 2.05) is 5.10 Å². The fraction of sp³-hybridized carbons (Fsp3) is 0.368. The molecule has 1 fully saturated rings. The van der Waals surface area contributed by atoms with Crippen molar-refractivity contribution in [2.75, 3.05) is 0 Å². The number of aromatic amines is 1. The van der Waals surface area contributed by atoms with Crippen molar-refractivity contribution in [3.63, 3.8) is 0 Å². The minimum absolute atomic E-state index is 0.269. The fourth-order valence-electron chi connectivity index (χ4n) is 3.08. The van der Waals surface area contributed by atoms with Crippen LogP contribution in [0.25, 0.3) is 6.08 Å². The number of carboxylic acids is 1. The Labute approximate surface area is 173 Å². The van der Waals surface area contributed by atoms with Crippen molar-refractivity contribution in [3.8, 4) is 5.88 Å². The highest BCUT2D eigenvalue weighted by molar-refractivity contribution is 5.73. The molecule has 2 aromatic rings. The molecule has 168 valence electrons. The van der Waals surface area contributed by atoms with Gasteiger partial charge in [0.05, 0.1) is 5.56 Å². The summed E-state index contributed by atoms with van der Waals surface area (Å²) < 4.78 is 50.5. The smallest absolute Gasteiger partial charge is 0.433 e. The molecule has 0 bridgehead atoms. The molecule has 0 aliphatic carbocycles. The average molecular weight is 444 g/mol. The number of ether oxygens (including phenoxy) is 2. The molecule has 9 nitrogen and oxygen atoms in total. The van der Waals surface area contributed by atoms with Crippen molar-refractivity contribution in [1.82, 2.24) is 10.2 Å². The third-order valence-corrected chi connectivity index (χ3v) is 4.75. The Morgan fingerprint density at radius 2 is 1.84 bits per heavy atom. The van der Waals surface area contributed by atoms with Gasteiger partial charge in [-0.3, -0.25) is 5.10 Å². The molecule has 5 N–H and O–H groups in total.